The number of aromatic nitrogens is 1. The van der Waals surface area contributed by atoms with Crippen LogP contribution in [-0.4, -0.2) is 16.1 Å². The van der Waals surface area contributed by atoms with E-state index in [2.05, 4.69) is 69.5 Å². The highest BCUT2D eigenvalue weighted by molar-refractivity contribution is 7.16. The highest BCUT2D eigenvalue weighted by Gasteiger charge is 2.44. The van der Waals surface area contributed by atoms with E-state index in [1.807, 2.05) is 29.9 Å². The Morgan fingerprint density at radius 3 is 2.03 bits per heavy atom. The van der Waals surface area contributed by atoms with Gasteiger partial charge in [0.05, 0.1) is 0 Å². The molecule has 1 aromatic heterocycles. The summed E-state index contributed by atoms with van der Waals surface area (Å²) in [6.07, 6.45) is 1.81. The number of fused-ring (bicyclic) bond motifs is 2. The summed E-state index contributed by atoms with van der Waals surface area (Å²) in [5.41, 5.74) is 3.98. The van der Waals surface area contributed by atoms with Crippen molar-refractivity contribution in [1.82, 2.24) is 0 Å². The lowest BCUT2D eigenvalue weighted by Gasteiger charge is -2.42. The zero-order valence-corrected chi connectivity index (χ0v) is 20.6. The van der Waals surface area contributed by atoms with Gasteiger partial charge in [-0.2, -0.15) is 0 Å². The van der Waals surface area contributed by atoms with Gasteiger partial charge >= 0.3 is 0 Å². The summed E-state index contributed by atoms with van der Waals surface area (Å²) in [6, 6.07) is 17.7. The van der Waals surface area contributed by atoms with Crippen LogP contribution in [0.5, 0.6) is 0 Å². The van der Waals surface area contributed by atoms with E-state index in [0.29, 0.717) is 5.56 Å². The van der Waals surface area contributed by atoms with Crippen molar-refractivity contribution >= 4 is 36.9 Å². The van der Waals surface area contributed by atoms with Crippen LogP contribution in [-0.2, 0) is 7.05 Å². The normalized spacial score (nSPS) is 20.9. The van der Waals surface area contributed by atoms with E-state index in [4.69, 9.17) is 5.48 Å². The molecule has 2 heterocycles. The number of benzene rings is 2. The maximum absolute atomic E-state index is 8.46. The number of hydrogen-bond donors (Lipinski definition) is 0. The lowest BCUT2D eigenvalue weighted by atomic mass is 10.0. The predicted molar refractivity (Wildman–Crippen MR) is 132 cm³/mol. The van der Waals surface area contributed by atoms with E-state index in [-0.39, 0.29) is 0 Å². The van der Waals surface area contributed by atoms with Gasteiger partial charge in [-0.05, 0) is 30.5 Å². The molecule has 1 atom stereocenters. The molecule has 1 aliphatic rings. The molecule has 29 heavy (non-hydrogen) atoms. The van der Waals surface area contributed by atoms with Crippen LogP contribution in [0, 0.1) is 6.92 Å². The topological polar surface area (TPSA) is 3.88 Å². The van der Waals surface area contributed by atoms with Crippen molar-refractivity contribution in [3.8, 4) is 11.3 Å². The molecule has 2 aromatic carbocycles. The first-order chi connectivity index (χ1) is 15.1. The number of aryl methyl sites for hydroxylation is 2. The highest BCUT2D eigenvalue weighted by Crippen LogP contribution is 2.24. The zero-order chi connectivity index (χ0) is 24.6. The Labute approximate surface area is 184 Å². The summed E-state index contributed by atoms with van der Waals surface area (Å²) < 4.78 is 33.8. The quantitative estimate of drug-likeness (QED) is 0.441. The summed E-state index contributed by atoms with van der Waals surface area (Å²) in [5, 5.41) is 6.22. The van der Waals surface area contributed by atoms with Crippen LogP contribution in [0.1, 0.15) is 36.3 Å². The Morgan fingerprint density at radius 2 is 1.48 bits per heavy atom. The van der Waals surface area contributed by atoms with Crippen molar-refractivity contribution < 1.29 is 10.1 Å². The van der Waals surface area contributed by atoms with Crippen LogP contribution in [0.25, 0.3) is 11.3 Å². The standard InChI is InChI=1S/C26H34NSi2/c1-18(2)20-13-14-22(27(4)17-20)21-16-26-25(15-19(21)3)28(5,6)23-11-9-10-12-24(23)29(26,7)8/h9-18H,1-8H3/q+1/i1D3,18D. The van der Waals surface area contributed by atoms with Crippen molar-refractivity contribution in [1.29, 1.82) is 0 Å². The molecule has 0 fully saturated rings. The van der Waals surface area contributed by atoms with E-state index in [9.17, 15) is 0 Å². The molecule has 150 valence electrons. The Bertz CT molecular complexity index is 1260. The number of hydrogen-bond acceptors (Lipinski definition) is 0. The molecule has 0 N–H and O–H groups in total. The van der Waals surface area contributed by atoms with Crippen LogP contribution in [0.15, 0.2) is 54.7 Å². The van der Waals surface area contributed by atoms with E-state index in [0.717, 1.165) is 5.69 Å². The minimum Gasteiger partial charge on any atom is -0.201 e. The molecule has 0 saturated carbocycles. The number of rotatable bonds is 2. The Morgan fingerprint density at radius 1 is 0.897 bits per heavy atom. The molecular weight excluding hydrogens is 382 g/mol. The molecule has 0 spiro atoms. The third-order valence-corrected chi connectivity index (χ3v) is 14.4. The fourth-order valence-electron chi connectivity index (χ4n) is 4.99. The second-order valence-electron chi connectivity index (χ2n) is 9.55. The smallest absolute Gasteiger partial charge is 0.201 e. The maximum atomic E-state index is 8.46. The second-order valence-corrected chi connectivity index (χ2v) is 18.2. The first-order valence-corrected chi connectivity index (χ1v) is 16.4. The first-order valence-electron chi connectivity index (χ1n) is 12.4. The summed E-state index contributed by atoms with van der Waals surface area (Å²) >= 11 is 0. The van der Waals surface area contributed by atoms with Gasteiger partial charge in [0.15, 0.2) is 6.20 Å². The molecule has 1 unspecified atom stereocenters. The molecular formula is C26H34NSi2+. The van der Waals surface area contributed by atoms with E-state index in [1.165, 1.54) is 23.2 Å². The van der Waals surface area contributed by atoms with Gasteiger partial charge in [-0.15, -0.1) is 0 Å². The summed E-state index contributed by atoms with van der Waals surface area (Å²) in [7, 11) is -1.73. The van der Waals surface area contributed by atoms with Gasteiger partial charge < -0.3 is 0 Å². The number of nitrogens with zero attached hydrogens (tertiary/aromatic N) is 1. The van der Waals surface area contributed by atoms with Crippen molar-refractivity contribution in [3.63, 3.8) is 0 Å². The Hall–Kier alpha value is -1.98. The zero-order valence-electron chi connectivity index (χ0n) is 22.6. The number of pyridine rings is 1. The van der Waals surface area contributed by atoms with Crippen molar-refractivity contribution in [2.45, 2.75) is 52.8 Å². The first kappa shape index (κ1) is 15.8. The van der Waals surface area contributed by atoms with Crippen molar-refractivity contribution in [3.05, 3.63) is 65.9 Å². The second kappa shape index (κ2) is 6.78. The predicted octanol–water partition coefficient (Wildman–Crippen LogP) is 3.57. The average Bonchev–Trinajstić information content (AvgIpc) is 2.72. The molecule has 0 aliphatic carbocycles. The van der Waals surface area contributed by atoms with Crippen LogP contribution in [0.2, 0.25) is 26.2 Å². The fourth-order valence-corrected chi connectivity index (χ4v) is 14.4. The van der Waals surface area contributed by atoms with Gasteiger partial charge in [0, 0.05) is 22.7 Å². The molecule has 1 aliphatic heterocycles. The largest absolute Gasteiger partial charge is 0.212 e. The molecule has 1 nitrogen and oxygen atoms in total. The Kier molecular flexibility index (Phi) is 3.70. The SMILES string of the molecule is [2H]C([2H])([2H])C([2H])(C)c1ccc(-c2cc3c(cc2C)[Si](C)(C)c2ccccc2[Si]3(C)C)[n+](C)c1. The van der Waals surface area contributed by atoms with E-state index in [1.54, 1.807) is 15.6 Å². The average molecular weight is 421 g/mol. The van der Waals surface area contributed by atoms with Crippen LogP contribution in [0.4, 0.5) is 0 Å². The molecule has 0 bridgehead atoms. The van der Waals surface area contributed by atoms with Gasteiger partial charge in [-0.25, -0.2) is 4.57 Å². The maximum Gasteiger partial charge on any atom is 0.212 e. The van der Waals surface area contributed by atoms with Gasteiger partial charge in [0.1, 0.15) is 23.2 Å². The van der Waals surface area contributed by atoms with Gasteiger partial charge in [0.25, 0.3) is 0 Å². The minimum atomic E-state index is -2.39. The molecule has 3 aromatic rings. The molecule has 0 amide bonds. The lowest BCUT2D eigenvalue weighted by Crippen LogP contribution is -2.77. The minimum absolute atomic E-state index is 0.501. The van der Waals surface area contributed by atoms with Crippen LogP contribution in [0.3, 0.4) is 0 Å². The van der Waals surface area contributed by atoms with Gasteiger partial charge in [-0.3, -0.25) is 0 Å². The van der Waals surface area contributed by atoms with Gasteiger partial charge in [0.2, 0.25) is 5.69 Å². The third kappa shape index (κ3) is 3.06. The Balaban J connectivity index is 1.90. The molecule has 4 rings (SSSR count). The monoisotopic (exact) mass is 420 g/mol. The summed E-state index contributed by atoms with van der Waals surface area (Å²) in [6.45, 7) is 11.1. The molecule has 3 heteroatoms. The van der Waals surface area contributed by atoms with Gasteiger partial charge in [-0.1, -0.05) is 91.0 Å². The van der Waals surface area contributed by atoms with E-state index >= 15 is 0 Å². The van der Waals surface area contributed by atoms with Crippen LogP contribution >= 0.6 is 0 Å². The van der Waals surface area contributed by atoms with Crippen molar-refractivity contribution in [2.24, 2.45) is 7.05 Å². The summed E-state index contributed by atoms with van der Waals surface area (Å²) in [5.74, 6) is -1.65. The molecule has 0 saturated heterocycles. The van der Waals surface area contributed by atoms with Crippen LogP contribution < -0.4 is 25.3 Å². The lowest BCUT2D eigenvalue weighted by molar-refractivity contribution is -0.660. The summed E-state index contributed by atoms with van der Waals surface area (Å²) in [4.78, 5) is 0. The van der Waals surface area contributed by atoms with E-state index < -0.39 is 28.9 Å². The third-order valence-electron chi connectivity index (χ3n) is 6.83. The highest BCUT2D eigenvalue weighted by atomic mass is 28.3. The fraction of sp³-hybridized carbons (Fsp3) is 0.346. The van der Waals surface area contributed by atoms with Crippen molar-refractivity contribution in [2.75, 3.05) is 0 Å². The molecule has 0 radical (unpaired) electrons.